The van der Waals surface area contributed by atoms with Gasteiger partial charge in [0, 0.05) is 42.3 Å². The summed E-state index contributed by atoms with van der Waals surface area (Å²) in [6.45, 7) is 5.91. The number of carbonyl (C=O) groups is 1. The number of ether oxygens (including phenoxy) is 1. The van der Waals surface area contributed by atoms with Gasteiger partial charge in [0.15, 0.2) is 0 Å². The van der Waals surface area contributed by atoms with E-state index in [1.165, 1.54) is 11.1 Å². The number of aryl methyl sites for hydroxylation is 1. The molecular formula is C25H33N3O2. The Morgan fingerprint density at radius 1 is 1.20 bits per heavy atom. The third kappa shape index (κ3) is 4.23. The van der Waals surface area contributed by atoms with Gasteiger partial charge in [0.2, 0.25) is 5.91 Å². The van der Waals surface area contributed by atoms with Crippen molar-refractivity contribution in [2.45, 2.75) is 64.2 Å². The molecule has 1 saturated heterocycles. The van der Waals surface area contributed by atoms with Crippen LogP contribution in [0.5, 0.6) is 5.75 Å². The van der Waals surface area contributed by atoms with E-state index in [4.69, 9.17) is 4.74 Å². The first-order valence-electron chi connectivity index (χ1n) is 11.1. The maximum Gasteiger partial charge on any atom is 0.227 e. The predicted octanol–water partition coefficient (Wildman–Crippen LogP) is 3.97. The van der Waals surface area contributed by atoms with Crippen LogP contribution in [0, 0.1) is 0 Å². The summed E-state index contributed by atoms with van der Waals surface area (Å²) in [4.78, 5) is 14.5. The number of nitrogens with zero attached hydrogens (tertiary/aromatic N) is 1. The summed E-state index contributed by atoms with van der Waals surface area (Å²) < 4.78 is 5.73. The van der Waals surface area contributed by atoms with Gasteiger partial charge in [-0.1, -0.05) is 30.3 Å². The largest absolute Gasteiger partial charge is 0.496 e. The molecular weight excluding hydrogens is 374 g/mol. The summed E-state index contributed by atoms with van der Waals surface area (Å²) in [5.41, 5.74) is 4.67. The molecule has 2 atom stereocenters. The van der Waals surface area contributed by atoms with E-state index in [9.17, 15) is 4.79 Å². The molecule has 1 amide bonds. The van der Waals surface area contributed by atoms with Crippen LogP contribution in [0.4, 0.5) is 5.69 Å². The Balaban J connectivity index is 1.57. The lowest BCUT2D eigenvalue weighted by Gasteiger charge is -2.35. The molecule has 4 rings (SSSR count). The first-order valence-corrected chi connectivity index (χ1v) is 11.1. The second-order valence-corrected chi connectivity index (χ2v) is 8.62. The smallest absolute Gasteiger partial charge is 0.227 e. The summed E-state index contributed by atoms with van der Waals surface area (Å²) in [5, 5.41) is 7.46. The monoisotopic (exact) mass is 407 g/mol. The van der Waals surface area contributed by atoms with Crippen molar-refractivity contribution in [3.63, 3.8) is 0 Å². The Morgan fingerprint density at radius 2 is 2.00 bits per heavy atom. The SMILES string of the molecule is COc1cc2c(cc1CN[C@H]1CCCN[C@H]1c1ccccc1)N(C(C)C)C(=O)CC2. The average molecular weight is 408 g/mol. The molecule has 5 heteroatoms. The molecule has 2 aromatic carbocycles. The van der Waals surface area contributed by atoms with Crippen molar-refractivity contribution < 1.29 is 9.53 Å². The highest BCUT2D eigenvalue weighted by atomic mass is 16.5. The van der Waals surface area contributed by atoms with Gasteiger partial charge < -0.3 is 20.3 Å². The summed E-state index contributed by atoms with van der Waals surface area (Å²) in [7, 11) is 1.73. The number of piperidine rings is 1. The highest BCUT2D eigenvalue weighted by molar-refractivity contribution is 5.97. The quantitative estimate of drug-likeness (QED) is 0.761. The Morgan fingerprint density at radius 3 is 2.73 bits per heavy atom. The minimum absolute atomic E-state index is 0.149. The fourth-order valence-electron chi connectivity index (χ4n) is 4.83. The molecule has 2 heterocycles. The summed E-state index contributed by atoms with van der Waals surface area (Å²) in [6.07, 6.45) is 3.65. The van der Waals surface area contributed by atoms with Crippen LogP contribution in [0.1, 0.15) is 55.8 Å². The number of benzene rings is 2. The number of carbonyl (C=O) groups excluding carboxylic acids is 1. The Hall–Kier alpha value is -2.37. The lowest BCUT2D eigenvalue weighted by molar-refractivity contribution is -0.119. The van der Waals surface area contributed by atoms with Crippen molar-refractivity contribution in [2.75, 3.05) is 18.6 Å². The lowest BCUT2D eigenvalue weighted by Crippen LogP contribution is -2.45. The van der Waals surface area contributed by atoms with Crippen molar-refractivity contribution in [3.8, 4) is 5.75 Å². The lowest BCUT2D eigenvalue weighted by atomic mass is 9.92. The molecule has 5 nitrogen and oxygen atoms in total. The number of amides is 1. The van der Waals surface area contributed by atoms with Crippen LogP contribution in [0.3, 0.4) is 0 Å². The number of rotatable bonds is 6. The third-order valence-electron chi connectivity index (χ3n) is 6.31. The molecule has 1 fully saturated rings. The molecule has 0 bridgehead atoms. The van der Waals surface area contributed by atoms with Gasteiger partial charge in [-0.15, -0.1) is 0 Å². The zero-order valence-corrected chi connectivity index (χ0v) is 18.3. The number of fused-ring (bicyclic) bond motifs is 1. The van der Waals surface area contributed by atoms with E-state index < -0.39 is 0 Å². The second-order valence-electron chi connectivity index (χ2n) is 8.62. The topological polar surface area (TPSA) is 53.6 Å². The van der Waals surface area contributed by atoms with Crippen molar-refractivity contribution in [1.82, 2.24) is 10.6 Å². The van der Waals surface area contributed by atoms with Gasteiger partial charge in [-0.3, -0.25) is 4.79 Å². The van der Waals surface area contributed by atoms with Crippen molar-refractivity contribution in [2.24, 2.45) is 0 Å². The third-order valence-corrected chi connectivity index (χ3v) is 6.31. The van der Waals surface area contributed by atoms with Gasteiger partial charge in [0.1, 0.15) is 5.75 Å². The van der Waals surface area contributed by atoms with Crippen molar-refractivity contribution >= 4 is 11.6 Å². The van der Waals surface area contributed by atoms with Crippen molar-refractivity contribution in [3.05, 3.63) is 59.2 Å². The molecule has 0 aromatic heterocycles. The minimum atomic E-state index is 0.149. The molecule has 0 radical (unpaired) electrons. The molecule has 2 N–H and O–H groups in total. The van der Waals surface area contributed by atoms with E-state index in [0.717, 1.165) is 42.8 Å². The van der Waals surface area contributed by atoms with Crippen LogP contribution in [0.15, 0.2) is 42.5 Å². The minimum Gasteiger partial charge on any atom is -0.496 e. The van der Waals surface area contributed by atoms with Crippen LogP contribution in [0.25, 0.3) is 0 Å². The fourth-order valence-corrected chi connectivity index (χ4v) is 4.83. The maximum absolute atomic E-state index is 12.5. The predicted molar refractivity (Wildman–Crippen MR) is 121 cm³/mol. The number of nitrogens with one attached hydrogen (secondary N) is 2. The molecule has 2 aliphatic heterocycles. The zero-order chi connectivity index (χ0) is 21.1. The average Bonchev–Trinajstić information content (AvgIpc) is 2.77. The number of methoxy groups -OCH3 is 1. The van der Waals surface area contributed by atoms with Gasteiger partial charge in [-0.2, -0.15) is 0 Å². The Labute approximate surface area is 179 Å². The van der Waals surface area contributed by atoms with Gasteiger partial charge in [0.05, 0.1) is 7.11 Å². The summed E-state index contributed by atoms with van der Waals surface area (Å²) >= 11 is 0. The maximum atomic E-state index is 12.5. The highest BCUT2D eigenvalue weighted by Crippen LogP contribution is 2.35. The normalized spacial score (nSPS) is 21.6. The Bertz CT molecular complexity index is 881. The molecule has 0 saturated carbocycles. The van der Waals surface area contributed by atoms with E-state index in [2.05, 4.69) is 66.9 Å². The van der Waals surface area contributed by atoms with Gasteiger partial charge in [0.25, 0.3) is 0 Å². The molecule has 0 spiro atoms. The molecule has 0 unspecified atom stereocenters. The fraction of sp³-hybridized carbons (Fsp3) is 0.480. The van der Waals surface area contributed by atoms with E-state index >= 15 is 0 Å². The van der Waals surface area contributed by atoms with Crippen LogP contribution in [0.2, 0.25) is 0 Å². The van der Waals surface area contributed by atoms with E-state index in [0.29, 0.717) is 25.0 Å². The Kier molecular flexibility index (Phi) is 6.40. The van der Waals surface area contributed by atoms with Crippen molar-refractivity contribution in [1.29, 1.82) is 0 Å². The summed E-state index contributed by atoms with van der Waals surface area (Å²) in [5.74, 6) is 1.11. The zero-order valence-electron chi connectivity index (χ0n) is 18.3. The second kappa shape index (κ2) is 9.19. The van der Waals surface area contributed by atoms with Gasteiger partial charge >= 0.3 is 0 Å². The molecule has 2 aliphatic rings. The first-order chi connectivity index (χ1) is 14.6. The highest BCUT2D eigenvalue weighted by Gasteiger charge is 2.29. The molecule has 0 aliphatic carbocycles. The van der Waals surface area contributed by atoms with Crippen LogP contribution in [-0.4, -0.2) is 31.6 Å². The van der Waals surface area contributed by atoms with E-state index in [-0.39, 0.29) is 11.9 Å². The van der Waals surface area contributed by atoms with Gasteiger partial charge in [-0.05, 0) is 62.9 Å². The van der Waals surface area contributed by atoms with Crippen LogP contribution >= 0.6 is 0 Å². The summed E-state index contributed by atoms with van der Waals surface area (Å²) in [6, 6.07) is 15.8. The van der Waals surface area contributed by atoms with E-state index in [1.54, 1.807) is 7.11 Å². The van der Waals surface area contributed by atoms with Gasteiger partial charge in [-0.25, -0.2) is 0 Å². The molecule has 2 aromatic rings. The molecule has 30 heavy (non-hydrogen) atoms. The standard InChI is InChI=1S/C25H33N3O2/c1-17(2)28-22-14-20(23(30-3)15-19(22)11-12-24(28)29)16-27-21-10-7-13-26-25(21)18-8-5-4-6-9-18/h4-6,8-9,14-15,17,21,25-27H,7,10-13,16H2,1-3H3/t21-,25-/m0/s1. The van der Waals surface area contributed by atoms with Crippen LogP contribution < -0.4 is 20.3 Å². The number of hydrogen-bond donors (Lipinski definition) is 2. The van der Waals surface area contributed by atoms with E-state index in [1.807, 2.05) is 4.90 Å². The number of anilines is 1. The first kappa shape index (κ1) is 20.9. The molecule has 160 valence electrons. The van der Waals surface area contributed by atoms with Crippen LogP contribution in [-0.2, 0) is 17.8 Å². The number of hydrogen-bond acceptors (Lipinski definition) is 4.